The standard InChI is InChI=1S/C11H8FNO3/c1-16-9(14)5-7-6-3-2-4-8(12)10(6)13-11(7)15/h2-5H,1H3,(H,13,15)/b7-5-. The van der Waals surface area contributed by atoms with Crippen LogP contribution in [0.3, 0.4) is 0 Å². The molecule has 1 aliphatic heterocycles. The topological polar surface area (TPSA) is 55.4 Å². The normalized spacial score (nSPS) is 15.9. The van der Waals surface area contributed by atoms with Gasteiger partial charge in [-0.15, -0.1) is 0 Å². The first-order chi connectivity index (χ1) is 7.63. The summed E-state index contributed by atoms with van der Waals surface area (Å²) >= 11 is 0. The first kappa shape index (κ1) is 10.4. The van der Waals surface area contributed by atoms with Gasteiger partial charge < -0.3 is 10.1 Å². The number of nitrogens with one attached hydrogen (secondary N) is 1. The van der Waals surface area contributed by atoms with Gasteiger partial charge in [-0.1, -0.05) is 12.1 Å². The Bertz CT molecular complexity index is 508. The Labute approximate surface area is 90.7 Å². The molecule has 82 valence electrons. The van der Waals surface area contributed by atoms with Gasteiger partial charge in [-0.25, -0.2) is 9.18 Å². The Hall–Kier alpha value is -2.17. The Balaban J connectivity index is 2.52. The van der Waals surface area contributed by atoms with Crippen LogP contribution in [-0.2, 0) is 14.3 Å². The van der Waals surface area contributed by atoms with E-state index in [1.807, 2.05) is 0 Å². The number of benzene rings is 1. The number of anilines is 1. The molecule has 0 fully saturated rings. The number of halogens is 1. The van der Waals surface area contributed by atoms with Crippen LogP contribution in [-0.4, -0.2) is 19.0 Å². The number of ether oxygens (including phenoxy) is 1. The third-order valence-electron chi connectivity index (χ3n) is 2.25. The van der Waals surface area contributed by atoms with Crippen molar-refractivity contribution in [1.82, 2.24) is 0 Å². The largest absolute Gasteiger partial charge is 0.466 e. The van der Waals surface area contributed by atoms with E-state index >= 15 is 0 Å². The van der Waals surface area contributed by atoms with E-state index in [-0.39, 0.29) is 11.3 Å². The molecule has 16 heavy (non-hydrogen) atoms. The van der Waals surface area contributed by atoms with E-state index in [4.69, 9.17) is 0 Å². The van der Waals surface area contributed by atoms with Crippen molar-refractivity contribution in [2.75, 3.05) is 12.4 Å². The quantitative estimate of drug-likeness (QED) is 0.575. The number of fused-ring (bicyclic) bond motifs is 1. The van der Waals surface area contributed by atoms with Gasteiger partial charge in [-0.05, 0) is 6.07 Å². The second-order valence-electron chi connectivity index (χ2n) is 3.20. The molecule has 1 amide bonds. The summed E-state index contributed by atoms with van der Waals surface area (Å²) in [4.78, 5) is 22.5. The van der Waals surface area contributed by atoms with Crippen molar-refractivity contribution in [3.8, 4) is 0 Å². The van der Waals surface area contributed by atoms with E-state index in [1.165, 1.54) is 19.2 Å². The Kier molecular flexibility index (Phi) is 2.44. The van der Waals surface area contributed by atoms with Gasteiger partial charge in [0.2, 0.25) is 0 Å². The highest BCUT2D eigenvalue weighted by Gasteiger charge is 2.27. The summed E-state index contributed by atoms with van der Waals surface area (Å²) in [5.74, 6) is -1.69. The van der Waals surface area contributed by atoms with Gasteiger partial charge in [0.25, 0.3) is 5.91 Å². The number of esters is 1. The summed E-state index contributed by atoms with van der Waals surface area (Å²) in [5, 5.41) is 2.36. The predicted molar refractivity (Wildman–Crippen MR) is 55.0 cm³/mol. The summed E-state index contributed by atoms with van der Waals surface area (Å²) < 4.78 is 17.7. The smallest absolute Gasteiger partial charge is 0.331 e. The van der Waals surface area contributed by atoms with Crippen LogP contribution in [0.15, 0.2) is 24.3 Å². The van der Waals surface area contributed by atoms with E-state index in [0.29, 0.717) is 5.56 Å². The van der Waals surface area contributed by atoms with E-state index in [2.05, 4.69) is 10.1 Å². The van der Waals surface area contributed by atoms with Crippen molar-refractivity contribution in [1.29, 1.82) is 0 Å². The fourth-order valence-corrected chi connectivity index (χ4v) is 1.50. The minimum absolute atomic E-state index is 0.0997. The first-order valence-corrected chi connectivity index (χ1v) is 4.53. The number of para-hydroxylation sites is 1. The summed E-state index contributed by atoms with van der Waals surface area (Å²) in [6.45, 7) is 0. The Morgan fingerprint density at radius 3 is 2.94 bits per heavy atom. The summed E-state index contributed by atoms with van der Waals surface area (Å²) in [7, 11) is 1.21. The van der Waals surface area contributed by atoms with E-state index in [0.717, 1.165) is 6.08 Å². The maximum atomic E-state index is 13.3. The number of hydrogen-bond acceptors (Lipinski definition) is 3. The van der Waals surface area contributed by atoms with Crippen molar-refractivity contribution in [2.45, 2.75) is 0 Å². The second kappa shape index (κ2) is 3.77. The number of carbonyl (C=O) groups is 2. The van der Waals surface area contributed by atoms with Crippen LogP contribution in [0.5, 0.6) is 0 Å². The average molecular weight is 221 g/mol. The van der Waals surface area contributed by atoms with Gasteiger partial charge in [0.05, 0.1) is 18.4 Å². The Morgan fingerprint density at radius 1 is 1.50 bits per heavy atom. The van der Waals surface area contributed by atoms with E-state index in [1.54, 1.807) is 6.07 Å². The van der Waals surface area contributed by atoms with Crippen LogP contribution in [0.4, 0.5) is 10.1 Å². The van der Waals surface area contributed by atoms with Crippen molar-refractivity contribution >= 4 is 23.1 Å². The molecule has 0 radical (unpaired) electrons. The molecular weight excluding hydrogens is 213 g/mol. The monoisotopic (exact) mass is 221 g/mol. The van der Waals surface area contributed by atoms with Gasteiger partial charge in [0.1, 0.15) is 5.82 Å². The molecule has 0 atom stereocenters. The molecule has 0 spiro atoms. The minimum atomic E-state index is -0.651. The molecule has 4 nitrogen and oxygen atoms in total. The molecule has 0 unspecified atom stereocenters. The van der Waals surface area contributed by atoms with Crippen LogP contribution in [0, 0.1) is 5.82 Å². The fourth-order valence-electron chi connectivity index (χ4n) is 1.50. The highest BCUT2D eigenvalue weighted by molar-refractivity contribution is 6.33. The van der Waals surface area contributed by atoms with Gasteiger partial charge >= 0.3 is 5.97 Å². The molecule has 0 saturated heterocycles. The lowest BCUT2D eigenvalue weighted by atomic mass is 10.1. The third-order valence-corrected chi connectivity index (χ3v) is 2.25. The highest BCUT2D eigenvalue weighted by Crippen LogP contribution is 2.33. The number of carbonyl (C=O) groups excluding carboxylic acids is 2. The van der Waals surface area contributed by atoms with Crippen LogP contribution < -0.4 is 5.32 Å². The molecular formula is C11H8FNO3. The highest BCUT2D eigenvalue weighted by atomic mass is 19.1. The van der Waals surface area contributed by atoms with Crippen LogP contribution >= 0.6 is 0 Å². The zero-order valence-electron chi connectivity index (χ0n) is 8.41. The minimum Gasteiger partial charge on any atom is -0.466 e. The lowest BCUT2D eigenvalue weighted by molar-refractivity contribution is -0.134. The molecule has 0 saturated carbocycles. The van der Waals surface area contributed by atoms with Gasteiger partial charge in [0.15, 0.2) is 0 Å². The van der Waals surface area contributed by atoms with Gasteiger partial charge in [0, 0.05) is 11.6 Å². The molecule has 0 aliphatic carbocycles. The zero-order valence-corrected chi connectivity index (χ0v) is 8.41. The SMILES string of the molecule is COC(=O)/C=C1\C(=O)Nc2c(F)cccc21. The number of rotatable bonds is 1. The number of amides is 1. The van der Waals surface area contributed by atoms with Crippen LogP contribution in [0.1, 0.15) is 5.56 Å². The van der Waals surface area contributed by atoms with Crippen molar-refractivity contribution in [3.05, 3.63) is 35.7 Å². The number of methoxy groups -OCH3 is 1. The van der Waals surface area contributed by atoms with E-state index in [9.17, 15) is 14.0 Å². The molecule has 1 aromatic rings. The lowest BCUT2D eigenvalue weighted by Crippen LogP contribution is -2.06. The average Bonchev–Trinajstić information content (AvgIpc) is 2.58. The second-order valence-corrected chi connectivity index (χ2v) is 3.20. The van der Waals surface area contributed by atoms with Crippen LogP contribution in [0.25, 0.3) is 5.57 Å². The maximum absolute atomic E-state index is 13.3. The molecule has 1 aliphatic rings. The van der Waals surface area contributed by atoms with Gasteiger partial charge in [-0.2, -0.15) is 0 Å². The summed E-state index contributed by atoms with van der Waals surface area (Å²) in [5.41, 5.74) is 0.583. The predicted octanol–water partition coefficient (Wildman–Crippen LogP) is 1.33. The van der Waals surface area contributed by atoms with Crippen molar-refractivity contribution in [3.63, 3.8) is 0 Å². The molecule has 5 heteroatoms. The molecule has 0 bridgehead atoms. The molecule has 1 heterocycles. The zero-order chi connectivity index (χ0) is 11.7. The van der Waals surface area contributed by atoms with Gasteiger partial charge in [-0.3, -0.25) is 4.79 Å². The summed E-state index contributed by atoms with van der Waals surface area (Å²) in [6.07, 6.45) is 1.04. The van der Waals surface area contributed by atoms with Crippen molar-refractivity contribution in [2.24, 2.45) is 0 Å². The van der Waals surface area contributed by atoms with E-state index < -0.39 is 17.7 Å². The molecule has 1 N–H and O–H groups in total. The van der Waals surface area contributed by atoms with Crippen LogP contribution in [0.2, 0.25) is 0 Å². The fraction of sp³-hybridized carbons (Fsp3) is 0.0909. The number of hydrogen-bond donors (Lipinski definition) is 1. The third kappa shape index (κ3) is 1.56. The molecule has 0 aromatic heterocycles. The van der Waals surface area contributed by atoms with Crippen molar-refractivity contribution < 1.29 is 18.7 Å². The first-order valence-electron chi connectivity index (χ1n) is 4.53. The summed E-state index contributed by atoms with van der Waals surface area (Å²) in [6, 6.07) is 4.27. The molecule has 1 aromatic carbocycles. The lowest BCUT2D eigenvalue weighted by Gasteiger charge is -1.98. The molecule has 2 rings (SSSR count). The maximum Gasteiger partial charge on any atom is 0.331 e. The Morgan fingerprint density at radius 2 is 2.25 bits per heavy atom.